The van der Waals surface area contributed by atoms with E-state index in [4.69, 9.17) is 0 Å². The minimum Gasteiger partial charge on any atom is -0.356 e. The van der Waals surface area contributed by atoms with E-state index in [1.807, 2.05) is 7.05 Å². The van der Waals surface area contributed by atoms with Crippen molar-refractivity contribution in [1.29, 1.82) is 0 Å². The minimum absolute atomic E-state index is 0.625. The van der Waals surface area contributed by atoms with Crippen molar-refractivity contribution in [3.05, 3.63) is 35.4 Å². The van der Waals surface area contributed by atoms with Gasteiger partial charge in [0.05, 0.1) is 0 Å². The molecule has 3 heteroatoms. The van der Waals surface area contributed by atoms with E-state index < -0.39 is 0 Å². The van der Waals surface area contributed by atoms with Crippen LogP contribution in [0, 0.1) is 0 Å². The van der Waals surface area contributed by atoms with Crippen LogP contribution >= 0.6 is 0 Å². The van der Waals surface area contributed by atoms with Crippen molar-refractivity contribution in [2.75, 3.05) is 13.6 Å². The summed E-state index contributed by atoms with van der Waals surface area (Å²) in [4.78, 5) is 4.33. The number of guanidine groups is 1. The molecule has 1 aromatic carbocycles. The number of fused-ring (bicyclic) bond motifs is 1. The maximum absolute atomic E-state index is 4.33. The summed E-state index contributed by atoms with van der Waals surface area (Å²) >= 11 is 0. The second-order valence-electron chi connectivity index (χ2n) is 5.68. The van der Waals surface area contributed by atoms with Crippen LogP contribution in [0.15, 0.2) is 29.3 Å². The van der Waals surface area contributed by atoms with Crippen LogP contribution in [0.1, 0.15) is 42.7 Å². The molecule has 3 nitrogen and oxygen atoms in total. The average molecular weight is 257 g/mol. The first-order valence-corrected chi connectivity index (χ1v) is 7.42. The van der Waals surface area contributed by atoms with Crippen LogP contribution < -0.4 is 10.6 Å². The van der Waals surface area contributed by atoms with Gasteiger partial charge >= 0.3 is 0 Å². The predicted molar refractivity (Wildman–Crippen MR) is 79.6 cm³/mol. The van der Waals surface area contributed by atoms with Crippen LogP contribution in [0.4, 0.5) is 0 Å². The molecule has 0 aromatic heterocycles. The van der Waals surface area contributed by atoms with Crippen molar-refractivity contribution < 1.29 is 0 Å². The van der Waals surface area contributed by atoms with Crippen molar-refractivity contribution in [3.63, 3.8) is 0 Å². The average Bonchev–Trinajstić information content (AvgIpc) is 2.91. The van der Waals surface area contributed by atoms with Gasteiger partial charge in [-0.2, -0.15) is 0 Å². The van der Waals surface area contributed by atoms with E-state index in [2.05, 4.69) is 39.9 Å². The van der Waals surface area contributed by atoms with E-state index in [0.717, 1.165) is 12.5 Å². The summed E-state index contributed by atoms with van der Waals surface area (Å²) in [5, 5.41) is 7.01. The molecule has 0 heterocycles. The molecule has 0 amide bonds. The van der Waals surface area contributed by atoms with Gasteiger partial charge in [-0.05, 0) is 30.4 Å². The molecule has 1 fully saturated rings. The first-order valence-electron chi connectivity index (χ1n) is 7.42. The number of benzene rings is 1. The predicted octanol–water partition coefficient (Wildman–Crippen LogP) is 2.43. The summed E-state index contributed by atoms with van der Waals surface area (Å²) in [5.74, 6) is 1.62. The number of rotatable bonds is 3. The van der Waals surface area contributed by atoms with Gasteiger partial charge in [0.15, 0.2) is 5.96 Å². The first-order chi connectivity index (χ1) is 9.36. The van der Waals surface area contributed by atoms with Gasteiger partial charge in [-0.15, -0.1) is 0 Å². The van der Waals surface area contributed by atoms with Crippen LogP contribution in [-0.4, -0.2) is 25.6 Å². The van der Waals surface area contributed by atoms with Gasteiger partial charge in [0.1, 0.15) is 0 Å². The zero-order valence-electron chi connectivity index (χ0n) is 11.7. The SMILES string of the molecule is CN=C(NCC1Cc2ccccc21)NC1CCCC1. The molecule has 19 heavy (non-hydrogen) atoms. The standard InChI is InChI=1S/C16H23N3/c1-17-16(19-14-7-3-4-8-14)18-11-13-10-12-6-2-5-9-15(12)13/h2,5-6,9,13-14H,3-4,7-8,10-11H2,1H3,(H2,17,18,19). The van der Waals surface area contributed by atoms with Crippen molar-refractivity contribution in [2.24, 2.45) is 4.99 Å². The Labute approximate surface area is 115 Å². The van der Waals surface area contributed by atoms with Crippen LogP contribution in [-0.2, 0) is 6.42 Å². The number of hydrogen-bond acceptors (Lipinski definition) is 1. The van der Waals surface area contributed by atoms with Gasteiger partial charge in [0, 0.05) is 25.6 Å². The number of nitrogens with zero attached hydrogens (tertiary/aromatic N) is 1. The van der Waals surface area contributed by atoms with Gasteiger partial charge in [0.2, 0.25) is 0 Å². The van der Waals surface area contributed by atoms with E-state index in [0.29, 0.717) is 12.0 Å². The van der Waals surface area contributed by atoms with Gasteiger partial charge in [-0.1, -0.05) is 37.1 Å². The molecular weight excluding hydrogens is 234 g/mol. The molecule has 0 radical (unpaired) electrons. The summed E-state index contributed by atoms with van der Waals surface area (Å²) in [7, 11) is 1.86. The lowest BCUT2D eigenvalue weighted by atomic mass is 9.78. The molecule has 2 N–H and O–H groups in total. The number of nitrogens with one attached hydrogen (secondary N) is 2. The Kier molecular flexibility index (Phi) is 3.72. The quantitative estimate of drug-likeness (QED) is 0.644. The van der Waals surface area contributed by atoms with E-state index in [-0.39, 0.29) is 0 Å². The third-order valence-corrected chi connectivity index (χ3v) is 4.40. The van der Waals surface area contributed by atoms with Gasteiger partial charge in [0.25, 0.3) is 0 Å². The molecule has 0 spiro atoms. The van der Waals surface area contributed by atoms with E-state index in [1.165, 1.54) is 43.2 Å². The Morgan fingerprint density at radius 1 is 1.26 bits per heavy atom. The molecule has 2 aliphatic rings. The van der Waals surface area contributed by atoms with E-state index in [9.17, 15) is 0 Å². The van der Waals surface area contributed by atoms with Crippen LogP contribution in [0.3, 0.4) is 0 Å². The molecule has 102 valence electrons. The minimum atomic E-state index is 0.625. The fourth-order valence-electron chi connectivity index (χ4n) is 3.22. The summed E-state index contributed by atoms with van der Waals surface area (Å²) in [6, 6.07) is 9.37. The summed E-state index contributed by atoms with van der Waals surface area (Å²) < 4.78 is 0. The normalized spacial score (nSPS) is 22.8. The zero-order chi connectivity index (χ0) is 13.1. The molecule has 0 saturated heterocycles. The van der Waals surface area contributed by atoms with Crippen molar-refractivity contribution in [3.8, 4) is 0 Å². The summed E-state index contributed by atoms with van der Waals surface area (Å²) in [6.45, 7) is 0.989. The highest BCUT2D eigenvalue weighted by Crippen LogP contribution is 2.33. The topological polar surface area (TPSA) is 36.4 Å². The fraction of sp³-hybridized carbons (Fsp3) is 0.562. The summed E-state index contributed by atoms with van der Waals surface area (Å²) in [5.41, 5.74) is 3.01. The smallest absolute Gasteiger partial charge is 0.191 e. The van der Waals surface area contributed by atoms with Gasteiger partial charge < -0.3 is 10.6 Å². The Balaban J connectivity index is 1.49. The lowest BCUT2D eigenvalue weighted by molar-refractivity contribution is 0.567. The molecule has 1 unspecified atom stereocenters. The van der Waals surface area contributed by atoms with Crippen LogP contribution in [0.25, 0.3) is 0 Å². The zero-order valence-corrected chi connectivity index (χ0v) is 11.7. The molecule has 3 rings (SSSR count). The number of aliphatic imine (C=N–C) groups is 1. The maximum Gasteiger partial charge on any atom is 0.191 e. The highest BCUT2D eigenvalue weighted by atomic mass is 15.2. The Bertz CT molecular complexity index is 461. The van der Waals surface area contributed by atoms with E-state index in [1.54, 1.807) is 0 Å². The Morgan fingerprint density at radius 2 is 2.05 bits per heavy atom. The monoisotopic (exact) mass is 257 g/mol. The Morgan fingerprint density at radius 3 is 2.79 bits per heavy atom. The number of hydrogen-bond donors (Lipinski definition) is 2. The second-order valence-corrected chi connectivity index (χ2v) is 5.68. The van der Waals surface area contributed by atoms with Crippen LogP contribution in [0.2, 0.25) is 0 Å². The highest BCUT2D eigenvalue weighted by Gasteiger charge is 2.25. The molecule has 0 aliphatic heterocycles. The van der Waals surface area contributed by atoms with Gasteiger partial charge in [-0.3, -0.25) is 4.99 Å². The third-order valence-electron chi connectivity index (χ3n) is 4.40. The molecule has 1 aromatic rings. The highest BCUT2D eigenvalue weighted by molar-refractivity contribution is 5.80. The Hall–Kier alpha value is -1.51. The van der Waals surface area contributed by atoms with Gasteiger partial charge in [-0.25, -0.2) is 0 Å². The first kappa shape index (κ1) is 12.5. The largest absolute Gasteiger partial charge is 0.356 e. The maximum atomic E-state index is 4.33. The third kappa shape index (κ3) is 2.75. The molecule has 1 saturated carbocycles. The summed E-state index contributed by atoms with van der Waals surface area (Å²) in [6.07, 6.45) is 6.47. The van der Waals surface area contributed by atoms with Crippen molar-refractivity contribution in [2.45, 2.75) is 44.1 Å². The molecule has 0 bridgehead atoms. The molecule has 1 atom stereocenters. The van der Waals surface area contributed by atoms with E-state index >= 15 is 0 Å². The second kappa shape index (κ2) is 5.64. The van der Waals surface area contributed by atoms with Crippen LogP contribution in [0.5, 0.6) is 0 Å². The molecular formula is C16H23N3. The molecule has 2 aliphatic carbocycles. The fourth-order valence-corrected chi connectivity index (χ4v) is 3.22. The van der Waals surface area contributed by atoms with Crippen molar-refractivity contribution in [1.82, 2.24) is 10.6 Å². The van der Waals surface area contributed by atoms with Crippen molar-refractivity contribution >= 4 is 5.96 Å². The lowest BCUT2D eigenvalue weighted by Gasteiger charge is -2.31. The lowest BCUT2D eigenvalue weighted by Crippen LogP contribution is -2.44.